The summed E-state index contributed by atoms with van der Waals surface area (Å²) >= 11 is 6.09. The lowest BCUT2D eigenvalue weighted by Gasteiger charge is -2.43. The van der Waals surface area contributed by atoms with Crippen LogP contribution in [0.2, 0.25) is 5.02 Å². The Bertz CT molecular complexity index is 1310. The summed E-state index contributed by atoms with van der Waals surface area (Å²) in [5.74, 6) is 0.431. The molecule has 1 aliphatic rings. The van der Waals surface area contributed by atoms with Crippen LogP contribution in [-0.4, -0.2) is 44.2 Å². The zero-order valence-corrected chi connectivity index (χ0v) is 23.0. The van der Waals surface area contributed by atoms with E-state index in [1.54, 1.807) is 53.1 Å². The quantitative estimate of drug-likeness (QED) is 0.348. The highest BCUT2D eigenvalue weighted by Crippen LogP contribution is 2.43. The summed E-state index contributed by atoms with van der Waals surface area (Å²) in [6.07, 6.45) is 0.717. The van der Waals surface area contributed by atoms with Crippen molar-refractivity contribution in [2.75, 3.05) is 30.1 Å². The SMILES string of the molecule is COC(=O)NCCCOc1ccc(C(=O)N2c3ccccc3C(N(C(C)=O)c3ccc(Cl)cc3)CC2C)cc1. The minimum atomic E-state index is -0.475. The Balaban J connectivity index is 1.51. The third kappa shape index (κ3) is 6.52. The van der Waals surface area contributed by atoms with E-state index in [1.165, 1.54) is 7.11 Å². The summed E-state index contributed by atoms with van der Waals surface area (Å²) in [4.78, 5) is 41.3. The number of rotatable bonds is 8. The number of methoxy groups -OCH3 is 1. The number of ether oxygens (including phenoxy) is 2. The monoisotopic (exact) mass is 549 g/mol. The first-order valence-corrected chi connectivity index (χ1v) is 13.2. The van der Waals surface area contributed by atoms with E-state index in [2.05, 4.69) is 10.1 Å². The molecule has 0 fully saturated rings. The van der Waals surface area contributed by atoms with Gasteiger partial charge >= 0.3 is 6.09 Å². The van der Waals surface area contributed by atoms with Crippen molar-refractivity contribution >= 4 is 40.9 Å². The van der Waals surface area contributed by atoms with E-state index in [9.17, 15) is 14.4 Å². The van der Waals surface area contributed by atoms with Crippen molar-refractivity contribution in [2.24, 2.45) is 0 Å². The molecular weight excluding hydrogens is 518 g/mol. The Morgan fingerprint density at radius 3 is 2.38 bits per heavy atom. The Hall–Kier alpha value is -4.04. The molecule has 9 heteroatoms. The topological polar surface area (TPSA) is 88.2 Å². The largest absolute Gasteiger partial charge is 0.494 e. The van der Waals surface area contributed by atoms with Gasteiger partial charge in [0.15, 0.2) is 0 Å². The van der Waals surface area contributed by atoms with Gasteiger partial charge in [-0.15, -0.1) is 0 Å². The van der Waals surface area contributed by atoms with Gasteiger partial charge in [-0.05, 0) is 79.9 Å². The standard InChI is InChI=1S/C30H32ClN3O5/c1-20-19-28(34(21(2)35)24-13-11-23(31)12-14-24)26-7-4-5-8-27(26)33(20)29(36)22-9-15-25(16-10-22)39-18-6-17-32-30(37)38-3/h4-5,7-16,20,28H,6,17-19H2,1-3H3,(H,32,37). The van der Waals surface area contributed by atoms with E-state index in [4.69, 9.17) is 16.3 Å². The smallest absolute Gasteiger partial charge is 0.406 e. The van der Waals surface area contributed by atoms with Crippen LogP contribution in [-0.2, 0) is 9.53 Å². The average molecular weight is 550 g/mol. The number of amides is 3. The van der Waals surface area contributed by atoms with Crippen LogP contribution in [0.5, 0.6) is 5.75 Å². The molecule has 1 heterocycles. The van der Waals surface area contributed by atoms with Crippen molar-refractivity contribution < 1.29 is 23.9 Å². The van der Waals surface area contributed by atoms with Crippen LogP contribution in [0.15, 0.2) is 72.8 Å². The number of hydrogen-bond acceptors (Lipinski definition) is 5. The van der Waals surface area contributed by atoms with Crippen molar-refractivity contribution in [1.29, 1.82) is 0 Å². The number of hydrogen-bond donors (Lipinski definition) is 1. The molecule has 3 aromatic rings. The second kappa shape index (κ2) is 12.7. The Morgan fingerprint density at radius 2 is 1.72 bits per heavy atom. The molecule has 0 radical (unpaired) electrons. The molecular formula is C30H32ClN3O5. The Kier molecular flexibility index (Phi) is 9.09. The van der Waals surface area contributed by atoms with Gasteiger partial charge in [0.25, 0.3) is 5.91 Å². The number of carbonyl (C=O) groups excluding carboxylic acids is 3. The van der Waals surface area contributed by atoms with Crippen molar-refractivity contribution in [3.8, 4) is 5.75 Å². The van der Waals surface area contributed by atoms with E-state index in [0.717, 1.165) is 16.9 Å². The van der Waals surface area contributed by atoms with Crippen LogP contribution in [0.3, 0.4) is 0 Å². The molecule has 3 aromatic carbocycles. The number of carbonyl (C=O) groups is 3. The van der Waals surface area contributed by atoms with E-state index < -0.39 is 6.09 Å². The summed E-state index contributed by atoms with van der Waals surface area (Å²) in [6, 6.07) is 21.6. The van der Waals surface area contributed by atoms with Gasteiger partial charge in [-0.2, -0.15) is 0 Å². The zero-order valence-electron chi connectivity index (χ0n) is 22.2. The number of fused-ring (bicyclic) bond motifs is 1. The third-order valence-electron chi connectivity index (χ3n) is 6.68. The van der Waals surface area contributed by atoms with Crippen LogP contribution in [0.1, 0.15) is 48.7 Å². The van der Waals surface area contributed by atoms with E-state index >= 15 is 0 Å². The highest BCUT2D eigenvalue weighted by Gasteiger charge is 2.38. The van der Waals surface area contributed by atoms with Crippen LogP contribution >= 0.6 is 11.6 Å². The van der Waals surface area contributed by atoms with Gasteiger partial charge in [-0.3, -0.25) is 9.59 Å². The maximum Gasteiger partial charge on any atom is 0.406 e. The van der Waals surface area contributed by atoms with Crippen molar-refractivity contribution in [3.05, 3.63) is 88.9 Å². The summed E-state index contributed by atoms with van der Waals surface area (Å²) < 4.78 is 10.3. The van der Waals surface area contributed by atoms with Gasteiger partial charge in [0.2, 0.25) is 5.91 Å². The molecule has 0 saturated heterocycles. The second-order valence-corrected chi connectivity index (χ2v) is 9.78. The van der Waals surface area contributed by atoms with E-state index in [1.807, 2.05) is 43.3 Å². The van der Waals surface area contributed by atoms with Crippen LogP contribution in [0, 0.1) is 0 Å². The average Bonchev–Trinajstić information content (AvgIpc) is 2.93. The van der Waals surface area contributed by atoms with Gasteiger partial charge in [-0.1, -0.05) is 29.8 Å². The number of para-hydroxylation sites is 1. The molecule has 0 saturated carbocycles. The van der Waals surface area contributed by atoms with Crippen LogP contribution in [0.25, 0.3) is 0 Å². The Labute approximate surface area is 233 Å². The number of nitrogens with one attached hydrogen (secondary N) is 1. The third-order valence-corrected chi connectivity index (χ3v) is 6.93. The zero-order chi connectivity index (χ0) is 27.9. The lowest BCUT2D eigenvalue weighted by Crippen LogP contribution is -2.47. The van der Waals surface area contributed by atoms with Crippen LogP contribution in [0.4, 0.5) is 16.2 Å². The molecule has 39 heavy (non-hydrogen) atoms. The molecule has 3 amide bonds. The Morgan fingerprint density at radius 1 is 1.03 bits per heavy atom. The molecule has 204 valence electrons. The first-order chi connectivity index (χ1) is 18.8. The molecule has 0 bridgehead atoms. The first kappa shape index (κ1) is 28.0. The summed E-state index contributed by atoms with van der Waals surface area (Å²) in [6.45, 7) is 4.41. The minimum Gasteiger partial charge on any atom is -0.494 e. The maximum absolute atomic E-state index is 13.7. The first-order valence-electron chi connectivity index (χ1n) is 12.8. The van der Waals surface area contributed by atoms with Crippen molar-refractivity contribution in [1.82, 2.24) is 5.32 Å². The number of halogens is 1. The number of benzene rings is 3. The number of nitrogens with zero attached hydrogens (tertiary/aromatic N) is 2. The molecule has 2 atom stereocenters. The van der Waals surface area contributed by atoms with E-state index in [-0.39, 0.29) is 23.9 Å². The highest BCUT2D eigenvalue weighted by molar-refractivity contribution is 6.30. The molecule has 0 aliphatic carbocycles. The predicted molar refractivity (Wildman–Crippen MR) is 152 cm³/mol. The molecule has 8 nitrogen and oxygen atoms in total. The van der Waals surface area contributed by atoms with Gasteiger partial charge < -0.3 is 24.6 Å². The lowest BCUT2D eigenvalue weighted by atomic mass is 9.89. The van der Waals surface area contributed by atoms with Crippen molar-refractivity contribution in [2.45, 2.75) is 38.8 Å². The second-order valence-electron chi connectivity index (χ2n) is 9.34. The minimum absolute atomic E-state index is 0.0826. The number of anilines is 2. The molecule has 4 rings (SSSR count). The summed E-state index contributed by atoms with van der Waals surface area (Å²) in [5.41, 5.74) is 2.99. The normalized spacial score (nSPS) is 16.2. The van der Waals surface area contributed by atoms with Gasteiger partial charge in [-0.25, -0.2) is 4.79 Å². The van der Waals surface area contributed by atoms with E-state index in [0.29, 0.717) is 42.3 Å². The van der Waals surface area contributed by atoms with Gasteiger partial charge in [0, 0.05) is 41.5 Å². The fraction of sp³-hybridized carbons (Fsp3) is 0.300. The van der Waals surface area contributed by atoms with Crippen LogP contribution < -0.4 is 19.9 Å². The van der Waals surface area contributed by atoms with Gasteiger partial charge in [0.1, 0.15) is 5.75 Å². The molecule has 0 spiro atoms. The number of alkyl carbamates (subject to hydrolysis) is 1. The fourth-order valence-corrected chi connectivity index (χ4v) is 5.00. The van der Waals surface area contributed by atoms with Gasteiger partial charge in [0.05, 0.1) is 19.8 Å². The highest BCUT2D eigenvalue weighted by atomic mass is 35.5. The van der Waals surface area contributed by atoms with Crippen molar-refractivity contribution in [3.63, 3.8) is 0 Å². The fourth-order valence-electron chi connectivity index (χ4n) is 4.88. The lowest BCUT2D eigenvalue weighted by molar-refractivity contribution is -0.117. The predicted octanol–water partition coefficient (Wildman–Crippen LogP) is 6.00. The maximum atomic E-state index is 13.7. The summed E-state index contributed by atoms with van der Waals surface area (Å²) in [5, 5.41) is 3.20. The molecule has 2 unspecified atom stereocenters. The summed E-state index contributed by atoms with van der Waals surface area (Å²) in [7, 11) is 1.32. The molecule has 1 aliphatic heterocycles. The molecule has 0 aromatic heterocycles. The molecule has 1 N–H and O–H groups in total.